The second-order valence-electron chi connectivity index (χ2n) is 5.44. The highest BCUT2D eigenvalue weighted by atomic mass is 16.5. The average molecular weight is 246 g/mol. The Morgan fingerprint density at radius 2 is 2.22 bits per heavy atom. The molecule has 1 aromatic carbocycles. The zero-order valence-electron chi connectivity index (χ0n) is 11.1. The van der Waals surface area contributed by atoms with Crippen LogP contribution in [0, 0.1) is 0 Å². The summed E-state index contributed by atoms with van der Waals surface area (Å²) >= 11 is 0. The summed E-state index contributed by atoms with van der Waals surface area (Å²) in [5.74, 6) is 1.05. The highest BCUT2D eigenvalue weighted by Crippen LogP contribution is 2.31. The molecule has 1 N–H and O–H groups in total. The number of nitrogens with one attached hydrogen (secondary N) is 1. The van der Waals surface area contributed by atoms with Gasteiger partial charge in [0.2, 0.25) is 0 Å². The molecule has 3 rings (SSSR count). The molecular weight excluding hydrogens is 224 g/mol. The lowest BCUT2D eigenvalue weighted by Crippen LogP contribution is -2.44. The van der Waals surface area contributed by atoms with Gasteiger partial charge in [-0.05, 0) is 32.5 Å². The van der Waals surface area contributed by atoms with Crippen LogP contribution in [0.15, 0.2) is 24.3 Å². The number of likely N-dealkylation sites (tertiary alicyclic amines) is 1. The first-order valence-corrected chi connectivity index (χ1v) is 7.00. The van der Waals surface area contributed by atoms with Crippen molar-refractivity contribution in [1.82, 2.24) is 10.2 Å². The van der Waals surface area contributed by atoms with Gasteiger partial charge in [-0.15, -0.1) is 0 Å². The maximum Gasteiger partial charge on any atom is 0.124 e. The van der Waals surface area contributed by atoms with Crippen molar-refractivity contribution in [3.8, 4) is 5.75 Å². The zero-order valence-corrected chi connectivity index (χ0v) is 11.1. The van der Waals surface area contributed by atoms with E-state index in [9.17, 15) is 0 Å². The molecule has 0 saturated carbocycles. The van der Waals surface area contributed by atoms with E-state index >= 15 is 0 Å². The largest absolute Gasteiger partial charge is 0.491 e. The van der Waals surface area contributed by atoms with Crippen molar-refractivity contribution in [1.29, 1.82) is 0 Å². The minimum atomic E-state index is 0.372. The van der Waals surface area contributed by atoms with Crippen LogP contribution in [-0.4, -0.2) is 37.7 Å². The van der Waals surface area contributed by atoms with E-state index in [2.05, 4.69) is 35.5 Å². The number of nitrogens with zero attached hydrogens (tertiary/aromatic N) is 1. The van der Waals surface area contributed by atoms with Crippen LogP contribution in [0.25, 0.3) is 0 Å². The molecule has 2 heterocycles. The molecule has 0 aromatic heterocycles. The minimum Gasteiger partial charge on any atom is -0.491 e. The summed E-state index contributed by atoms with van der Waals surface area (Å²) in [6.07, 6.45) is 4.04. The Hall–Kier alpha value is -1.06. The maximum atomic E-state index is 5.70. The van der Waals surface area contributed by atoms with Gasteiger partial charge in [0.15, 0.2) is 0 Å². The molecule has 98 valence electrons. The fraction of sp³-hybridized carbons (Fsp3) is 0.600. The number of para-hydroxylation sites is 1. The lowest BCUT2D eigenvalue weighted by molar-refractivity contribution is 0.175. The van der Waals surface area contributed by atoms with Crippen LogP contribution in [0.3, 0.4) is 0 Å². The van der Waals surface area contributed by atoms with Crippen LogP contribution in [0.2, 0.25) is 0 Å². The number of fused-ring (bicyclic) bond motifs is 1. The van der Waals surface area contributed by atoms with Crippen molar-refractivity contribution < 1.29 is 4.74 Å². The second kappa shape index (κ2) is 5.29. The van der Waals surface area contributed by atoms with Gasteiger partial charge in [-0.25, -0.2) is 0 Å². The lowest BCUT2D eigenvalue weighted by atomic mass is 10.0. The summed E-state index contributed by atoms with van der Waals surface area (Å²) in [5.41, 5.74) is 1.32. The Balaban J connectivity index is 1.58. The summed E-state index contributed by atoms with van der Waals surface area (Å²) in [4.78, 5) is 2.48. The van der Waals surface area contributed by atoms with Crippen molar-refractivity contribution in [2.75, 3.05) is 26.7 Å². The number of ether oxygens (including phenoxy) is 1. The van der Waals surface area contributed by atoms with Crippen LogP contribution < -0.4 is 10.1 Å². The summed E-state index contributed by atoms with van der Waals surface area (Å²) in [7, 11) is 2.24. The molecule has 0 aliphatic carbocycles. The van der Waals surface area contributed by atoms with Gasteiger partial charge in [0.25, 0.3) is 0 Å². The molecular formula is C15H22N2O. The van der Waals surface area contributed by atoms with E-state index in [1.54, 1.807) is 0 Å². The monoisotopic (exact) mass is 246 g/mol. The first-order valence-electron chi connectivity index (χ1n) is 7.00. The molecule has 2 atom stereocenters. The second-order valence-corrected chi connectivity index (χ2v) is 5.44. The molecule has 0 radical (unpaired) electrons. The standard InChI is InChI=1S/C15H22N2O/c1-17-9-5-4-6-12(17)10-16-14-11-18-15-8-3-2-7-13(14)15/h2-3,7-8,12,14,16H,4-6,9-11H2,1H3. The first-order chi connectivity index (χ1) is 8.84. The summed E-state index contributed by atoms with van der Waals surface area (Å²) in [6, 6.07) is 9.42. The third kappa shape index (κ3) is 2.38. The third-order valence-electron chi connectivity index (χ3n) is 4.22. The van der Waals surface area contributed by atoms with Gasteiger partial charge in [0.05, 0.1) is 6.04 Å². The van der Waals surface area contributed by atoms with Gasteiger partial charge in [0, 0.05) is 18.2 Å². The zero-order chi connectivity index (χ0) is 12.4. The van der Waals surface area contributed by atoms with E-state index < -0.39 is 0 Å². The van der Waals surface area contributed by atoms with Gasteiger partial charge in [-0.3, -0.25) is 0 Å². The number of hydrogen-bond acceptors (Lipinski definition) is 3. The molecule has 0 amide bonds. The summed E-state index contributed by atoms with van der Waals surface area (Å²) in [6.45, 7) is 3.08. The highest BCUT2D eigenvalue weighted by molar-refractivity contribution is 5.39. The number of rotatable bonds is 3. The van der Waals surface area contributed by atoms with Crippen molar-refractivity contribution in [2.45, 2.75) is 31.3 Å². The number of hydrogen-bond donors (Lipinski definition) is 1. The molecule has 1 fully saturated rings. The van der Waals surface area contributed by atoms with Crippen LogP contribution in [-0.2, 0) is 0 Å². The fourth-order valence-corrected chi connectivity index (χ4v) is 3.01. The number of piperidine rings is 1. The molecule has 2 unspecified atom stereocenters. The van der Waals surface area contributed by atoms with E-state index in [0.717, 1.165) is 18.9 Å². The maximum absolute atomic E-state index is 5.70. The molecule has 2 aliphatic heterocycles. The highest BCUT2D eigenvalue weighted by Gasteiger charge is 2.25. The molecule has 1 saturated heterocycles. The van der Waals surface area contributed by atoms with E-state index in [1.807, 2.05) is 6.07 Å². The molecule has 3 nitrogen and oxygen atoms in total. The Morgan fingerprint density at radius 3 is 3.11 bits per heavy atom. The summed E-state index contributed by atoms with van der Waals surface area (Å²) < 4.78 is 5.70. The number of benzene rings is 1. The first kappa shape index (κ1) is 12.0. The van der Waals surface area contributed by atoms with Gasteiger partial charge in [0.1, 0.15) is 12.4 Å². The molecule has 18 heavy (non-hydrogen) atoms. The van der Waals surface area contributed by atoms with E-state index in [0.29, 0.717) is 12.1 Å². The topological polar surface area (TPSA) is 24.5 Å². The number of likely N-dealkylation sites (N-methyl/N-ethyl adjacent to an activating group) is 1. The van der Waals surface area contributed by atoms with E-state index in [1.165, 1.54) is 31.4 Å². The summed E-state index contributed by atoms with van der Waals surface area (Å²) in [5, 5.41) is 3.67. The Morgan fingerprint density at radius 1 is 1.33 bits per heavy atom. The Bertz CT molecular complexity index is 407. The molecule has 1 aromatic rings. The smallest absolute Gasteiger partial charge is 0.124 e. The third-order valence-corrected chi connectivity index (χ3v) is 4.22. The predicted octanol–water partition coefficient (Wildman–Crippen LogP) is 2.19. The molecule has 0 spiro atoms. The van der Waals surface area contributed by atoms with Crippen molar-refractivity contribution in [3.63, 3.8) is 0 Å². The van der Waals surface area contributed by atoms with Crippen LogP contribution in [0.4, 0.5) is 0 Å². The van der Waals surface area contributed by atoms with Crippen LogP contribution in [0.1, 0.15) is 30.9 Å². The SMILES string of the molecule is CN1CCCCC1CNC1COc2ccccc21. The fourth-order valence-electron chi connectivity index (χ4n) is 3.01. The van der Waals surface area contributed by atoms with Crippen molar-refractivity contribution in [2.24, 2.45) is 0 Å². The Kier molecular flexibility index (Phi) is 3.52. The predicted molar refractivity (Wildman–Crippen MR) is 72.9 cm³/mol. The van der Waals surface area contributed by atoms with Gasteiger partial charge in [-0.2, -0.15) is 0 Å². The Labute approximate surface area is 109 Å². The molecule has 0 bridgehead atoms. The minimum absolute atomic E-state index is 0.372. The van der Waals surface area contributed by atoms with Gasteiger partial charge < -0.3 is 15.0 Å². The van der Waals surface area contributed by atoms with E-state index in [4.69, 9.17) is 4.74 Å². The van der Waals surface area contributed by atoms with Crippen LogP contribution >= 0.6 is 0 Å². The molecule has 3 heteroatoms. The molecule has 2 aliphatic rings. The van der Waals surface area contributed by atoms with Crippen LogP contribution in [0.5, 0.6) is 5.75 Å². The van der Waals surface area contributed by atoms with Crippen molar-refractivity contribution in [3.05, 3.63) is 29.8 Å². The van der Waals surface area contributed by atoms with E-state index in [-0.39, 0.29) is 0 Å². The normalized spacial score (nSPS) is 27.8. The van der Waals surface area contributed by atoms with Gasteiger partial charge >= 0.3 is 0 Å². The lowest BCUT2D eigenvalue weighted by Gasteiger charge is -2.33. The average Bonchev–Trinajstić information content (AvgIpc) is 2.81. The van der Waals surface area contributed by atoms with Crippen molar-refractivity contribution >= 4 is 0 Å². The quantitative estimate of drug-likeness (QED) is 0.885. The van der Waals surface area contributed by atoms with Gasteiger partial charge in [-0.1, -0.05) is 24.6 Å².